The second kappa shape index (κ2) is 8.62. The fraction of sp³-hybridized carbons (Fsp3) is 0.550. The number of ether oxygens (including phenoxy) is 1. The highest BCUT2D eigenvalue weighted by Crippen LogP contribution is 2.32. The summed E-state index contributed by atoms with van der Waals surface area (Å²) in [5, 5.41) is 12.6. The fourth-order valence-electron chi connectivity index (χ4n) is 2.74. The molecule has 0 aliphatic rings. The molecule has 1 aromatic heterocycles. The van der Waals surface area contributed by atoms with Crippen molar-refractivity contribution in [3.63, 3.8) is 0 Å². The molecule has 5 nitrogen and oxygen atoms in total. The molecule has 0 spiro atoms. The van der Waals surface area contributed by atoms with Gasteiger partial charge in [0.15, 0.2) is 6.61 Å². The van der Waals surface area contributed by atoms with Crippen molar-refractivity contribution in [1.82, 2.24) is 10.2 Å². The van der Waals surface area contributed by atoms with E-state index in [0.29, 0.717) is 11.0 Å². The molecular weight excluding hydrogens is 346 g/mol. The van der Waals surface area contributed by atoms with Gasteiger partial charge in [-0.25, -0.2) is 0 Å². The molecule has 1 aromatic carbocycles. The summed E-state index contributed by atoms with van der Waals surface area (Å²) in [5.41, 5.74) is 2.22. The van der Waals surface area contributed by atoms with Crippen LogP contribution < -0.4 is 10.1 Å². The molecule has 0 bridgehead atoms. The van der Waals surface area contributed by atoms with Gasteiger partial charge in [-0.15, -0.1) is 10.2 Å². The quantitative estimate of drug-likeness (QED) is 0.734. The molecule has 0 saturated heterocycles. The largest absolute Gasteiger partial charge is 0.483 e. The summed E-state index contributed by atoms with van der Waals surface area (Å²) >= 11 is 1.44. The van der Waals surface area contributed by atoms with Crippen molar-refractivity contribution >= 4 is 22.4 Å². The van der Waals surface area contributed by atoms with E-state index >= 15 is 0 Å². The maximum atomic E-state index is 12.2. The number of aromatic nitrogens is 2. The SMILES string of the molecule is CCC(CC)c1nnc(NC(=O)COc2ccc(C)cc2C(C)(C)C)s1. The lowest BCUT2D eigenvalue weighted by Crippen LogP contribution is -2.22. The number of rotatable bonds is 7. The summed E-state index contributed by atoms with van der Waals surface area (Å²) in [5.74, 6) is 0.919. The lowest BCUT2D eigenvalue weighted by molar-refractivity contribution is -0.118. The summed E-state index contributed by atoms with van der Waals surface area (Å²) < 4.78 is 5.79. The predicted molar refractivity (Wildman–Crippen MR) is 107 cm³/mol. The van der Waals surface area contributed by atoms with Crippen molar-refractivity contribution in [3.05, 3.63) is 34.3 Å². The third kappa shape index (κ3) is 5.27. The van der Waals surface area contributed by atoms with E-state index in [-0.39, 0.29) is 17.9 Å². The second-order valence-corrected chi connectivity index (χ2v) is 8.55. The highest BCUT2D eigenvalue weighted by molar-refractivity contribution is 7.15. The number of carbonyl (C=O) groups is 1. The van der Waals surface area contributed by atoms with Gasteiger partial charge in [-0.1, -0.05) is 63.7 Å². The molecule has 0 saturated carbocycles. The maximum absolute atomic E-state index is 12.2. The van der Waals surface area contributed by atoms with E-state index in [9.17, 15) is 4.79 Å². The molecule has 1 heterocycles. The Bertz CT molecular complexity index is 746. The van der Waals surface area contributed by atoms with Gasteiger partial charge in [0.25, 0.3) is 5.91 Å². The van der Waals surface area contributed by atoms with Gasteiger partial charge in [0.05, 0.1) is 0 Å². The summed E-state index contributed by atoms with van der Waals surface area (Å²) in [7, 11) is 0. The zero-order chi connectivity index (χ0) is 19.3. The van der Waals surface area contributed by atoms with Gasteiger partial charge in [-0.2, -0.15) is 0 Å². The molecule has 6 heteroatoms. The number of anilines is 1. The lowest BCUT2D eigenvalue weighted by Gasteiger charge is -2.23. The van der Waals surface area contributed by atoms with E-state index < -0.39 is 0 Å². The van der Waals surface area contributed by atoms with E-state index in [1.165, 1.54) is 16.9 Å². The normalized spacial score (nSPS) is 11.7. The van der Waals surface area contributed by atoms with Crippen LogP contribution in [-0.4, -0.2) is 22.7 Å². The Morgan fingerprint density at radius 2 is 1.92 bits per heavy atom. The van der Waals surface area contributed by atoms with Gasteiger partial charge < -0.3 is 4.74 Å². The van der Waals surface area contributed by atoms with Crippen LogP contribution in [0.1, 0.15) is 69.5 Å². The maximum Gasteiger partial charge on any atom is 0.264 e. The van der Waals surface area contributed by atoms with Crippen LogP contribution in [0.25, 0.3) is 0 Å². The summed E-state index contributed by atoms with van der Waals surface area (Å²) in [6.07, 6.45) is 2.04. The van der Waals surface area contributed by atoms with Crippen LogP contribution in [0.2, 0.25) is 0 Å². The van der Waals surface area contributed by atoms with Gasteiger partial charge in [-0.05, 0) is 36.8 Å². The zero-order valence-electron chi connectivity index (χ0n) is 16.5. The Morgan fingerprint density at radius 3 is 2.54 bits per heavy atom. The van der Waals surface area contributed by atoms with E-state index in [1.807, 2.05) is 12.1 Å². The first-order valence-corrected chi connectivity index (χ1v) is 9.93. The zero-order valence-corrected chi connectivity index (χ0v) is 17.4. The van der Waals surface area contributed by atoms with Gasteiger partial charge in [0.1, 0.15) is 10.8 Å². The number of aryl methyl sites for hydroxylation is 1. The van der Waals surface area contributed by atoms with E-state index in [2.05, 4.69) is 63.1 Å². The molecule has 2 rings (SSSR count). The molecule has 0 unspecified atom stereocenters. The third-order valence-corrected chi connectivity index (χ3v) is 5.32. The Hall–Kier alpha value is -1.95. The average Bonchev–Trinajstić information content (AvgIpc) is 3.02. The monoisotopic (exact) mass is 375 g/mol. The Morgan fingerprint density at radius 1 is 1.23 bits per heavy atom. The highest BCUT2D eigenvalue weighted by Gasteiger charge is 2.20. The van der Waals surface area contributed by atoms with Crippen LogP contribution in [0.3, 0.4) is 0 Å². The van der Waals surface area contributed by atoms with Gasteiger partial charge in [0.2, 0.25) is 5.13 Å². The van der Waals surface area contributed by atoms with E-state index in [1.54, 1.807) is 0 Å². The van der Waals surface area contributed by atoms with Crippen LogP contribution in [0.4, 0.5) is 5.13 Å². The second-order valence-electron chi connectivity index (χ2n) is 7.55. The number of hydrogen-bond acceptors (Lipinski definition) is 5. The van der Waals surface area contributed by atoms with Crippen molar-refractivity contribution < 1.29 is 9.53 Å². The van der Waals surface area contributed by atoms with Gasteiger partial charge >= 0.3 is 0 Å². The van der Waals surface area contributed by atoms with Crippen LogP contribution in [-0.2, 0) is 10.2 Å². The summed E-state index contributed by atoms with van der Waals surface area (Å²) in [6, 6.07) is 6.04. The molecule has 2 aromatic rings. The number of nitrogens with one attached hydrogen (secondary N) is 1. The standard InChI is InChI=1S/C20H29N3O2S/c1-7-14(8-2)18-22-23-19(26-18)21-17(24)12-25-16-10-9-13(3)11-15(16)20(4,5)6/h9-11,14H,7-8,12H2,1-6H3,(H,21,23,24). The minimum atomic E-state index is -0.224. The molecule has 1 amide bonds. The first-order valence-electron chi connectivity index (χ1n) is 9.11. The molecule has 0 atom stereocenters. The number of carbonyl (C=O) groups excluding carboxylic acids is 1. The fourth-order valence-corrected chi connectivity index (χ4v) is 3.77. The predicted octanol–water partition coefficient (Wildman–Crippen LogP) is 5.07. The molecule has 0 radical (unpaired) electrons. The molecule has 142 valence electrons. The number of amides is 1. The lowest BCUT2D eigenvalue weighted by atomic mass is 9.85. The molecular formula is C20H29N3O2S. The Balaban J connectivity index is 2.00. The minimum absolute atomic E-state index is 0.0496. The van der Waals surface area contributed by atoms with Crippen LogP contribution in [0, 0.1) is 6.92 Å². The first-order chi connectivity index (χ1) is 12.2. The van der Waals surface area contributed by atoms with Crippen molar-refractivity contribution in [2.75, 3.05) is 11.9 Å². The van der Waals surface area contributed by atoms with E-state index in [0.717, 1.165) is 29.2 Å². The van der Waals surface area contributed by atoms with Crippen LogP contribution in [0.5, 0.6) is 5.75 Å². The Labute approximate surface area is 160 Å². The molecule has 0 fully saturated rings. The van der Waals surface area contributed by atoms with Crippen molar-refractivity contribution in [2.45, 2.75) is 65.7 Å². The van der Waals surface area contributed by atoms with Crippen molar-refractivity contribution in [2.24, 2.45) is 0 Å². The number of nitrogens with zero attached hydrogens (tertiary/aromatic N) is 2. The summed E-state index contributed by atoms with van der Waals surface area (Å²) in [6.45, 7) is 12.7. The number of hydrogen-bond donors (Lipinski definition) is 1. The van der Waals surface area contributed by atoms with Crippen LogP contribution >= 0.6 is 11.3 Å². The van der Waals surface area contributed by atoms with Crippen molar-refractivity contribution in [3.8, 4) is 5.75 Å². The average molecular weight is 376 g/mol. The summed E-state index contributed by atoms with van der Waals surface area (Å²) in [4.78, 5) is 12.2. The van der Waals surface area contributed by atoms with E-state index in [4.69, 9.17) is 4.74 Å². The number of benzene rings is 1. The van der Waals surface area contributed by atoms with Crippen molar-refractivity contribution in [1.29, 1.82) is 0 Å². The Kier molecular flexibility index (Phi) is 6.75. The molecule has 0 aliphatic heterocycles. The third-order valence-electron chi connectivity index (χ3n) is 4.32. The first kappa shape index (κ1) is 20.4. The molecule has 0 aliphatic carbocycles. The van der Waals surface area contributed by atoms with Crippen LogP contribution in [0.15, 0.2) is 18.2 Å². The minimum Gasteiger partial charge on any atom is -0.483 e. The van der Waals surface area contributed by atoms with Gasteiger partial charge in [0, 0.05) is 5.92 Å². The topological polar surface area (TPSA) is 64.1 Å². The molecule has 26 heavy (non-hydrogen) atoms. The highest BCUT2D eigenvalue weighted by atomic mass is 32.1. The van der Waals surface area contributed by atoms with Gasteiger partial charge in [-0.3, -0.25) is 10.1 Å². The smallest absolute Gasteiger partial charge is 0.264 e. The molecule has 1 N–H and O–H groups in total.